The van der Waals surface area contributed by atoms with E-state index < -0.39 is 5.63 Å². The summed E-state index contributed by atoms with van der Waals surface area (Å²) in [6.07, 6.45) is 5.08. The molecule has 0 bridgehead atoms. The van der Waals surface area contributed by atoms with Crippen molar-refractivity contribution in [3.05, 3.63) is 39.2 Å². The Hall–Kier alpha value is -2.30. The molecule has 0 saturated carbocycles. The van der Waals surface area contributed by atoms with E-state index in [0.29, 0.717) is 34.6 Å². The van der Waals surface area contributed by atoms with Crippen molar-refractivity contribution < 1.29 is 19.1 Å². The van der Waals surface area contributed by atoms with E-state index in [4.69, 9.17) is 9.15 Å². The topological polar surface area (TPSA) is 76.7 Å². The van der Waals surface area contributed by atoms with Crippen LogP contribution in [0.2, 0.25) is 0 Å². The average molecular weight is 403 g/mol. The van der Waals surface area contributed by atoms with Crippen molar-refractivity contribution in [3.63, 3.8) is 0 Å². The summed E-state index contributed by atoms with van der Waals surface area (Å²) in [5, 5.41) is 11.2. The number of aryl methyl sites for hydroxylation is 1. The summed E-state index contributed by atoms with van der Waals surface area (Å²) in [5.41, 5.74) is 1.98. The Morgan fingerprint density at radius 3 is 2.59 bits per heavy atom. The van der Waals surface area contributed by atoms with E-state index in [1.54, 1.807) is 19.9 Å². The lowest BCUT2D eigenvalue weighted by Gasteiger charge is -2.21. The zero-order chi connectivity index (χ0) is 21.6. The largest absolute Gasteiger partial charge is 0.507 e. The first-order valence-electron chi connectivity index (χ1n) is 10.7. The van der Waals surface area contributed by atoms with E-state index in [1.165, 1.54) is 19.3 Å². The fraction of sp³-hybridized carbons (Fsp3) is 0.583. The molecule has 160 valence electrons. The fourth-order valence-electron chi connectivity index (χ4n) is 3.85. The molecular weight excluding hydrogens is 368 g/mol. The number of aromatic hydroxyl groups is 1. The van der Waals surface area contributed by atoms with Gasteiger partial charge in [0.2, 0.25) is 0 Å². The van der Waals surface area contributed by atoms with Crippen LogP contribution in [0, 0.1) is 12.8 Å². The van der Waals surface area contributed by atoms with Gasteiger partial charge >= 0.3 is 11.6 Å². The number of carbonyl (C=O) groups is 1. The van der Waals surface area contributed by atoms with Crippen LogP contribution in [0.1, 0.15) is 82.4 Å². The molecule has 2 aromatic rings. The van der Waals surface area contributed by atoms with E-state index in [-0.39, 0.29) is 30.5 Å². The van der Waals surface area contributed by atoms with Gasteiger partial charge in [0.15, 0.2) is 0 Å². The number of hydrogen-bond acceptors (Lipinski definition) is 5. The normalized spacial score (nSPS) is 13.4. The van der Waals surface area contributed by atoms with Crippen LogP contribution in [0.3, 0.4) is 0 Å². The van der Waals surface area contributed by atoms with E-state index in [2.05, 4.69) is 20.8 Å². The number of esters is 1. The molecule has 0 saturated heterocycles. The molecule has 0 aliphatic carbocycles. The van der Waals surface area contributed by atoms with Crippen molar-refractivity contribution in [1.82, 2.24) is 0 Å². The Balaban J connectivity index is 2.33. The van der Waals surface area contributed by atoms with Gasteiger partial charge in [0.25, 0.3) is 0 Å². The molecule has 2 atom stereocenters. The number of unbranched alkanes of at least 4 members (excludes halogenated alkanes) is 2. The molecule has 2 unspecified atom stereocenters. The van der Waals surface area contributed by atoms with Crippen molar-refractivity contribution in [1.29, 1.82) is 0 Å². The second-order valence-electron chi connectivity index (χ2n) is 7.97. The van der Waals surface area contributed by atoms with Gasteiger partial charge in [0, 0.05) is 12.0 Å². The zero-order valence-corrected chi connectivity index (χ0v) is 18.3. The Kier molecular flexibility index (Phi) is 8.30. The van der Waals surface area contributed by atoms with Gasteiger partial charge in [-0.25, -0.2) is 4.79 Å². The van der Waals surface area contributed by atoms with Crippen LogP contribution in [0.5, 0.6) is 5.75 Å². The van der Waals surface area contributed by atoms with E-state index in [1.807, 2.05) is 6.07 Å². The van der Waals surface area contributed by atoms with Crippen molar-refractivity contribution in [3.8, 4) is 5.75 Å². The zero-order valence-electron chi connectivity index (χ0n) is 18.3. The predicted octanol–water partition coefficient (Wildman–Crippen LogP) is 5.62. The summed E-state index contributed by atoms with van der Waals surface area (Å²) in [4.78, 5) is 24.2. The number of ether oxygens (including phenoxy) is 1. The Labute approximate surface area is 173 Å². The van der Waals surface area contributed by atoms with Gasteiger partial charge in [-0.3, -0.25) is 4.79 Å². The molecule has 29 heavy (non-hydrogen) atoms. The van der Waals surface area contributed by atoms with E-state index >= 15 is 0 Å². The molecular formula is C24H34O5. The minimum atomic E-state index is -0.459. The summed E-state index contributed by atoms with van der Waals surface area (Å²) in [5.74, 6) is 0.479. The monoisotopic (exact) mass is 402 g/mol. The van der Waals surface area contributed by atoms with Gasteiger partial charge in [-0.15, -0.1) is 0 Å². The smallest absolute Gasteiger partial charge is 0.339 e. The number of phenols is 1. The van der Waals surface area contributed by atoms with Gasteiger partial charge in [-0.05, 0) is 55.4 Å². The average Bonchev–Trinajstić information content (AvgIpc) is 2.66. The minimum absolute atomic E-state index is 0.107. The quantitative estimate of drug-likeness (QED) is 0.317. The first kappa shape index (κ1) is 23.0. The third-order valence-electron chi connectivity index (χ3n) is 5.91. The van der Waals surface area contributed by atoms with Crippen LogP contribution in [-0.4, -0.2) is 17.7 Å². The number of phenolic OH excluding ortho intramolecular Hbond substituents is 1. The first-order chi connectivity index (χ1) is 13.8. The summed E-state index contributed by atoms with van der Waals surface area (Å²) < 4.78 is 10.5. The Morgan fingerprint density at radius 1 is 1.21 bits per heavy atom. The molecule has 1 aromatic carbocycles. The van der Waals surface area contributed by atoms with E-state index in [0.717, 1.165) is 12.0 Å². The van der Waals surface area contributed by atoms with Crippen molar-refractivity contribution in [2.45, 2.75) is 79.1 Å². The number of carbonyl (C=O) groups excluding carboxylic acids is 1. The van der Waals surface area contributed by atoms with Gasteiger partial charge in [-0.2, -0.15) is 0 Å². The fourth-order valence-corrected chi connectivity index (χ4v) is 3.85. The highest BCUT2D eigenvalue weighted by Crippen LogP contribution is 2.36. The number of hydrogen-bond donors (Lipinski definition) is 1. The maximum Gasteiger partial charge on any atom is 0.339 e. The second kappa shape index (κ2) is 10.5. The molecule has 1 N–H and O–H groups in total. The molecule has 0 aliphatic heterocycles. The summed E-state index contributed by atoms with van der Waals surface area (Å²) in [6, 6.07) is 3.66. The molecule has 5 heteroatoms. The maximum absolute atomic E-state index is 12.5. The molecule has 5 nitrogen and oxygen atoms in total. The van der Waals surface area contributed by atoms with Crippen LogP contribution in [-0.2, 0) is 16.0 Å². The third kappa shape index (κ3) is 5.62. The summed E-state index contributed by atoms with van der Waals surface area (Å²) in [6.45, 7) is 10.4. The molecule has 0 spiro atoms. The molecule has 0 radical (unpaired) electrons. The van der Waals surface area contributed by atoms with Gasteiger partial charge in [0.05, 0.1) is 12.0 Å². The van der Waals surface area contributed by atoms with E-state index in [9.17, 15) is 14.7 Å². The molecule has 0 aliphatic rings. The first-order valence-corrected chi connectivity index (χ1v) is 10.7. The SMILES string of the molecule is CCCCCC(C)C(C)c1cc(O)c2c(C)c(CCC(=O)OCC)c(=O)oc2c1. The summed E-state index contributed by atoms with van der Waals surface area (Å²) >= 11 is 0. The Morgan fingerprint density at radius 2 is 1.93 bits per heavy atom. The molecule has 1 aromatic heterocycles. The highest BCUT2D eigenvalue weighted by molar-refractivity contribution is 5.88. The molecule has 0 fully saturated rings. The van der Waals surface area contributed by atoms with Crippen LogP contribution in [0.4, 0.5) is 0 Å². The standard InChI is InChI=1S/C24H34O5/c1-6-8-9-10-15(3)16(4)18-13-20(25)23-17(5)19(11-12-22(26)28-7-2)24(27)29-21(23)14-18/h13-16,25H,6-12H2,1-5H3. The number of rotatable bonds is 10. The third-order valence-corrected chi connectivity index (χ3v) is 5.91. The van der Waals surface area contributed by atoms with Gasteiger partial charge in [-0.1, -0.05) is 46.5 Å². The maximum atomic E-state index is 12.5. The van der Waals surface area contributed by atoms with Gasteiger partial charge in [0.1, 0.15) is 11.3 Å². The number of benzene rings is 1. The highest BCUT2D eigenvalue weighted by atomic mass is 16.5. The lowest BCUT2D eigenvalue weighted by atomic mass is 9.84. The Bertz CT molecular complexity index is 896. The minimum Gasteiger partial charge on any atom is -0.507 e. The van der Waals surface area contributed by atoms with Crippen LogP contribution in [0.25, 0.3) is 11.0 Å². The lowest BCUT2D eigenvalue weighted by molar-refractivity contribution is -0.143. The highest BCUT2D eigenvalue weighted by Gasteiger charge is 2.20. The van der Waals surface area contributed by atoms with Crippen molar-refractivity contribution >= 4 is 16.9 Å². The van der Waals surface area contributed by atoms with Crippen molar-refractivity contribution in [2.24, 2.45) is 5.92 Å². The van der Waals surface area contributed by atoms with Crippen LogP contribution < -0.4 is 5.63 Å². The molecule has 1 heterocycles. The summed E-state index contributed by atoms with van der Waals surface area (Å²) in [7, 11) is 0. The van der Waals surface area contributed by atoms with Crippen LogP contribution >= 0.6 is 0 Å². The van der Waals surface area contributed by atoms with Gasteiger partial charge < -0.3 is 14.3 Å². The lowest BCUT2D eigenvalue weighted by Crippen LogP contribution is -2.14. The molecule has 0 amide bonds. The second-order valence-corrected chi connectivity index (χ2v) is 7.97. The number of fused-ring (bicyclic) bond motifs is 1. The predicted molar refractivity (Wildman–Crippen MR) is 116 cm³/mol. The van der Waals surface area contributed by atoms with Crippen molar-refractivity contribution in [2.75, 3.05) is 6.61 Å². The molecule has 2 rings (SSSR count). The van der Waals surface area contributed by atoms with Crippen LogP contribution in [0.15, 0.2) is 21.3 Å².